The lowest BCUT2D eigenvalue weighted by Crippen LogP contribution is -2.57. The van der Waals surface area contributed by atoms with Crippen LogP contribution in [0.4, 0.5) is 0 Å². The lowest BCUT2D eigenvalue weighted by molar-refractivity contribution is -0.139. The van der Waals surface area contributed by atoms with Crippen LogP contribution in [0, 0.1) is 11.8 Å². The van der Waals surface area contributed by atoms with Crippen LogP contribution in [-0.2, 0) is 35.1 Å². The van der Waals surface area contributed by atoms with Gasteiger partial charge in [0, 0.05) is 19.3 Å². The van der Waals surface area contributed by atoms with Crippen LogP contribution in [0.1, 0.15) is 64.4 Å². The van der Waals surface area contributed by atoms with E-state index in [0.717, 1.165) is 31.2 Å². The number of carbonyl (C=O) groups is 5. The minimum absolute atomic E-state index is 0.0237. The molecule has 4 unspecified atom stereocenters. The van der Waals surface area contributed by atoms with Gasteiger partial charge in [0.15, 0.2) is 5.78 Å². The van der Waals surface area contributed by atoms with Gasteiger partial charge < -0.3 is 25.4 Å². The Morgan fingerprint density at radius 2 is 1.62 bits per heavy atom. The first-order chi connectivity index (χ1) is 18.6. The van der Waals surface area contributed by atoms with Crippen molar-refractivity contribution in [3.63, 3.8) is 0 Å². The van der Waals surface area contributed by atoms with E-state index in [4.69, 9.17) is 9.47 Å². The van der Waals surface area contributed by atoms with Crippen LogP contribution in [-0.4, -0.2) is 66.7 Å². The second kappa shape index (κ2) is 12.3. The number of carbonyl (C=O) groups excluding carboxylic acids is 5. The molecule has 4 rings (SSSR count). The lowest BCUT2D eigenvalue weighted by Gasteiger charge is -2.27. The fraction of sp³-hybridized carbons (Fsp3) is 0.621. The average Bonchev–Trinajstić information content (AvgIpc) is 3.44. The molecule has 1 aromatic rings. The zero-order valence-corrected chi connectivity index (χ0v) is 22.9. The molecule has 3 amide bonds. The summed E-state index contributed by atoms with van der Waals surface area (Å²) in [6.07, 6.45) is 5.35. The summed E-state index contributed by atoms with van der Waals surface area (Å²) in [6.45, 7) is 3.60. The third-order valence-corrected chi connectivity index (χ3v) is 8.08. The number of benzene rings is 1. The zero-order chi connectivity index (χ0) is 28.2. The van der Waals surface area contributed by atoms with Gasteiger partial charge in [0.25, 0.3) is 0 Å². The van der Waals surface area contributed by atoms with Crippen LogP contribution in [0.2, 0.25) is 0 Å². The van der Waals surface area contributed by atoms with Crippen LogP contribution >= 0.6 is 0 Å². The molecule has 4 atom stereocenters. The van der Waals surface area contributed by atoms with Gasteiger partial charge in [-0.1, -0.05) is 37.8 Å². The van der Waals surface area contributed by atoms with Crippen molar-refractivity contribution in [2.45, 2.75) is 88.9 Å². The molecule has 3 N–H and O–H groups in total. The number of ether oxygens (including phenoxy) is 2. The van der Waals surface area contributed by atoms with Gasteiger partial charge in [-0.2, -0.15) is 0 Å². The molecule has 3 fully saturated rings. The van der Waals surface area contributed by atoms with Gasteiger partial charge in [-0.3, -0.25) is 24.0 Å². The number of nitrogens with one attached hydrogen (secondary N) is 3. The Hall–Kier alpha value is -3.27. The van der Waals surface area contributed by atoms with Gasteiger partial charge in [-0.05, 0) is 43.9 Å². The molecular formula is C29H39N3O7. The van der Waals surface area contributed by atoms with Crippen LogP contribution in [0.3, 0.4) is 0 Å². The molecule has 0 spiro atoms. The molecule has 1 saturated heterocycles. The number of epoxide rings is 1. The zero-order valence-electron chi connectivity index (χ0n) is 22.9. The van der Waals surface area contributed by atoms with E-state index in [1.54, 1.807) is 26.2 Å². The Labute approximate surface area is 228 Å². The summed E-state index contributed by atoms with van der Waals surface area (Å²) >= 11 is 0. The van der Waals surface area contributed by atoms with Crippen molar-refractivity contribution in [2.24, 2.45) is 11.8 Å². The Morgan fingerprint density at radius 3 is 2.18 bits per heavy atom. The summed E-state index contributed by atoms with van der Waals surface area (Å²) in [6, 6.07) is 4.56. The SMILES string of the molecule is COc1ccc(CC(NC(=O)C(C)NC(=O)C2CC(=O)C2)C(=O)NC(CC2CCCC2)C(=O)C2(C)CO2)cc1. The molecule has 1 aromatic carbocycles. The highest BCUT2D eigenvalue weighted by Crippen LogP contribution is 2.33. The van der Waals surface area contributed by atoms with Gasteiger partial charge >= 0.3 is 0 Å². The average molecular weight is 542 g/mol. The first kappa shape index (κ1) is 28.7. The van der Waals surface area contributed by atoms with Gasteiger partial charge in [0.05, 0.1) is 25.7 Å². The van der Waals surface area contributed by atoms with Crippen LogP contribution in [0.15, 0.2) is 24.3 Å². The summed E-state index contributed by atoms with van der Waals surface area (Å²) in [5.74, 6) is -0.877. The predicted molar refractivity (Wildman–Crippen MR) is 142 cm³/mol. The fourth-order valence-corrected chi connectivity index (χ4v) is 5.28. The molecule has 212 valence electrons. The Bertz CT molecular complexity index is 1080. The first-order valence-electron chi connectivity index (χ1n) is 13.8. The molecule has 0 aromatic heterocycles. The molecule has 2 aliphatic carbocycles. The highest BCUT2D eigenvalue weighted by atomic mass is 16.6. The first-order valence-corrected chi connectivity index (χ1v) is 13.8. The van der Waals surface area contributed by atoms with Gasteiger partial charge in [-0.15, -0.1) is 0 Å². The third-order valence-electron chi connectivity index (χ3n) is 8.08. The summed E-state index contributed by atoms with van der Waals surface area (Å²) in [7, 11) is 1.56. The molecule has 1 aliphatic heterocycles. The molecule has 1 heterocycles. The fourth-order valence-electron chi connectivity index (χ4n) is 5.28. The predicted octanol–water partition coefficient (Wildman–Crippen LogP) is 1.63. The second-order valence-electron chi connectivity index (χ2n) is 11.3. The standard InChI is InChI=1S/C29H39N3O7/c1-17(30-27(36)20-14-21(33)15-20)26(35)32-24(13-19-8-10-22(38-3)11-9-19)28(37)31-23(12-18-6-4-5-7-18)25(34)29(2)16-39-29/h8-11,17-18,20,23-24H,4-7,12-16H2,1-3H3,(H,30,36)(H,31,37)(H,32,35). The van der Waals surface area contributed by atoms with Gasteiger partial charge in [0.2, 0.25) is 17.7 Å². The van der Waals surface area contributed by atoms with E-state index in [1.165, 1.54) is 6.92 Å². The third kappa shape index (κ3) is 7.44. The number of amides is 3. The molecule has 0 bridgehead atoms. The highest BCUT2D eigenvalue weighted by molar-refractivity contribution is 5.99. The monoisotopic (exact) mass is 541 g/mol. The van der Waals surface area contributed by atoms with Crippen molar-refractivity contribution in [1.82, 2.24) is 16.0 Å². The molecule has 3 aliphatic rings. The molecule has 10 heteroatoms. The maximum absolute atomic E-state index is 13.6. The second-order valence-corrected chi connectivity index (χ2v) is 11.3. The van der Waals surface area contributed by atoms with Crippen molar-refractivity contribution in [3.8, 4) is 5.75 Å². The number of rotatable bonds is 13. The summed E-state index contributed by atoms with van der Waals surface area (Å²) < 4.78 is 10.6. The van der Waals surface area contributed by atoms with Crippen molar-refractivity contribution in [1.29, 1.82) is 0 Å². The van der Waals surface area contributed by atoms with Crippen LogP contribution in [0.25, 0.3) is 0 Å². The number of ketones is 2. The summed E-state index contributed by atoms with van der Waals surface area (Å²) in [5.41, 5.74) is -0.0930. The van der Waals surface area contributed by atoms with Crippen LogP contribution < -0.4 is 20.7 Å². The molecule has 39 heavy (non-hydrogen) atoms. The molecule has 2 saturated carbocycles. The van der Waals surface area contributed by atoms with E-state index in [0.29, 0.717) is 24.7 Å². The maximum atomic E-state index is 13.6. The van der Waals surface area contributed by atoms with E-state index < -0.39 is 41.5 Å². The van der Waals surface area contributed by atoms with E-state index in [1.807, 2.05) is 12.1 Å². The molecule has 0 radical (unpaired) electrons. The molecule has 10 nitrogen and oxygen atoms in total. The van der Waals surface area contributed by atoms with Crippen molar-refractivity contribution < 1.29 is 33.4 Å². The number of hydrogen-bond acceptors (Lipinski definition) is 7. The maximum Gasteiger partial charge on any atom is 0.243 e. The quantitative estimate of drug-likeness (QED) is 0.322. The van der Waals surface area contributed by atoms with Crippen molar-refractivity contribution >= 4 is 29.3 Å². The summed E-state index contributed by atoms with van der Waals surface area (Å²) in [4.78, 5) is 63.5. The van der Waals surface area contributed by atoms with E-state index in [-0.39, 0.29) is 36.7 Å². The highest BCUT2D eigenvalue weighted by Gasteiger charge is 2.50. The van der Waals surface area contributed by atoms with Crippen molar-refractivity contribution in [2.75, 3.05) is 13.7 Å². The Morgan fingerprint density at radius 1 is 1.00 bits per heavy atom. The normalized spacial score (nSPS) is 23.2. The Kier molecular flexibility index (Phi) is 9.04. The van der Waals surface area contributed by atoms with Crippen LogP contribution in [0.5, 0.6) is 5.75 Å². The smallest absolute Gasteiger partial charge is 0.243 e. The number of methoxy groups -OCH3 is 1. The molecular weight excluding hydrogens is 502 g/mol. The summed E-state index contributed by atoms with van der Waals surface area (Å²) in [5, 5.41) is 8.33. The lowest BCUT2D eigenvalue weighted by atomic mass is 9.83. The number of Topliss-reactive ketones (excluding diaryl/α,β-unsaturated/α-hetero) is 2. The topological polar surface area (TPSA) is 143 Å². The van der Waals surface area contributed by atoms with E-state index >= 15 is 0 Å². The minimum atomic E-state index is -0.984. The van der Waals surface area contributed by atoms with Crippen molar-refractivity contribution in [3.05, 3.63) is 29.8 Å². The van der Waals surface area contributed by atoms with E-state index in [9.17, 15) is 24.0 Å². The number of hydrogen-bond donors (Lipinski definition) is 3. The van der Waals surface area contributed by atoms with Gasteiger partial charge in [0.1, 0.15) is 29.2 Å². The van der Waals surface area contributed by atoms with E-state index in [2.05, 4.69) is 16.0 Å². The minimum Gasteiger partial charge on any atom is -0.497 e. The largest absolute Gasteiger partial charge is 0.497 e. The van der Waals surface area contributed by atoms with Gasteiger partial charge in [-0.25, -0.2) is 0 Å². The Balaban J connectivity index is 1.46.